The van der Waals surface area contributed by atoms with Crippen molar-refractivity contribution >= 4 is 40.7 Å². The van der Waals surface area contributed by atoms with Crippen LogP contribution in [0.15, 0.2) is 4.99 Å². The number of hydrogen-bond acceptors (Lipinski definition) is 4. The molecule has 2 aliphatic rings. The first-order valence-electron chi connectivity index (χ1n) is 10.8. The van der Waals surface area contributed by atoms with Crippen molar-refractivity contribution in [1.82, 2.24) is 15.5 Å². The largest absolute Gasteiger partial charge is 0.379 e. The van der Waals surface area contributed by atoms with E-state index < -0.39 is 10.8 Å². The number of nitrogens with zero attached hydrogens (tertiary/aromatic N) is 2. The molecule has 4 unspecified atom stereocenters. The lowest BCUT2D eigenvalue weighted by atomic mass is 9.95. The zero-order valence-corrected chi connectivity index (χ0v) is 21.3. The Morgan fingerprint density at radius 3 is 2.57 bits per heavy atom. The molecule has 0 aromatic carbocycles. The molecule has 166 valence electrons. The normalized spacial score (nSPS) is 26.4. The Hall–Kier alpha value is 0.0700. The van der Waals surface area contributed by atoms with Crippen LogP contribution in [0.25, 0.3) is 0 Å². The molecular formula is C20H41IN4O2S. The van der Waals surface area contributed by atoms with Gasteiger partial charge in [0.2, 0.25) is 0 Å². The first kappa shape index (κ1) is 26.1. The number of nitrogens with one attached hydrogen (secondary N) is 2. The molecule has 0 spiro atoms. The van der Waals surface area contributed by atoms with Gasteiger partial charge < -0.3 is 15.4 Å². The van der Waals surface area contributed by atoms with Crippen LogP contribution in [0.5, 0.6) is 0 Å². The summed E-state index contributed by atoms with van der Waals surface area (Å²) in [6.45, 7) is 14.0. The van der Waals surface area contributed by atoms with E-state index in [2.05, 4.69) is 36.3 Å². The highest BCUT2D eigenvalue weighted by molar-refractivity contribution is 14.0. The molecule has 28 heavy (non-hydrogen) atoms. The van der Waals surface area contributed by atoms with Gasteiger partial charge in [0, 0.05) is 53.5 Å². The number of hydrogen-bond donors (Lipinski definition) is 2. The Balaban J connectivity index is 0.00000392. The number of guanidine groups is 1. The fourth-order valence-electron chi connectivity index (χ4n) is 4.11. The maximum atomic E-state index is 12.2. The average Bonchev–Trinajstić information content (AvgIpc) is 2.68. The van der Waals surface area contributed by atoms with Crippen molar-refractivity contribution in [2.45, 2.75) is 70.7 Å². The van der Waals surface area contributed by atoms with E-state index in [4.69, 9.17) is 9.73 Å². The van der Waals surface area contributed by atoms with Crippen molar-refractivity contribution in [2.75, 3.05) is 45.1 Å². The van der Waals surface area contributed by atoms with E-state index in [-0.39, 0.29) is 24.0 Å². The van der Waals surface area contributed by atoms with Crippen LogP contribution in [0.3, 0.4) is 0 Å². The quantitative estimate of drug-likeness (QED) is 0.288. The fourth-order valence-corrected chi connectivity index (χ4v) is 5.45. The molecule has 1 aliphatic heterocycles. The second-order valence-electron chi connectivity index (χ2n) is 7.98. The van der Waals surface area contributed by atoms with Crippen LogP contribution in [0, 0.1) is 5.92 Å². The summed E-state index contributed by atoms with van der Waals surface area (Å²) in [7, 11) is -0.692. The molecule has 2 fully saturated rings. The molecule has 1 saturated heterocycles. The molecule has 0 aromatic heterocycles. The lowest BCUT2D eigenvalue weighted by Gasteiger charge is -2.36. The highest BCUT2D eigenvalue weighted by Gasteiger charge is 2.27. The third kappa shape index (κ3) is 8.44. The van der Waals surface area contributed by atoms with Gasteiger partial charge in [-0.05, 0) is 32.1 Å². The van der Waals surface area contributed by atoms with Crippen molar-refractivity contribution < 1.29 is 8.95 Å². The van der Waals surface area contributed by atoms with Gasteiger partial charge in [0.1, 0.15) is 0 Å². The van der Waals surface area contributed by atoms with E-state index in [9.17, 15) is 4.21 Å². The summed E-state index contributed by atoms with van der Waals surface area (Å²) < 4.78 is 17.7. The molecule has 6 nitrogen and oxygen atoms in total. The molecular weight excluding hydrogens is 487 g/mol. The topological polar surface area (TPSA) is 66.0 Å². The molecule has 2 N–H and O–H groups in total. The van der Waals surface area contributed by atoms with Crippen LogP contribution in [0.2, 0.25) is 0 Å². The summed E-state index contributed by atoms with van der Waals surface area (Å²) in [5.74, 6) is 2.23. The summed E-state index contributed by atoms with van der Waals surface area (Å²) in [6, 6.07) is 0.814. The van der Waals surface area contributed by atoms with E-state index in [0.717, 1.165) is 76.8 Å². The van der Waals surface area contributed by atoms with Crippen LogP contribution in [-0.2, 0) is 15.5 Å². The van der Waals surface area contributed by atoms with Gasteiger partial charge in [0.25, 0.3) is 0 Å². The van der Waals surface area contributed by atoms with Crippen LogP contribution in [0.4, 0.5) is 0 Å². The second-order valence-corrected chi connectivity index (χ2v) is 9.98. The number of rotatable bonds is 8. The van der Waals surface area contributed by atoms with Gasteiger partial charge in [-0.1, -0.05) is 27.2 Å². The molecule has 4 atom stereocenters. The van der Waals surface area contributed by atoms with Crippen molar-refractivity contribution in [3.05, 3.63) is 0 Å². The van der Waals surface area contributed by atoms with Gasteiger partial charge in [-0.2, -0.15) is 0 Å². The maximum absolute atomic E-state index is 12.2. The van der Waals surface area contributed by atoms with Crippen molar-refractivity contribution in [3.63, 3.8) is 0 Å². The molecule has 1 aliphatic carbocycles. The van der Waals surface area contributed by atoms with E-state index in [1.807, 2.05) is 6.92 Å². The third-order valence-corrected chi connectivity index (χ3v) is 7.43. The van der Waals surface area contributed by atoms with Crippen molar-refractivity contribution in [2.24, 2.45) is 10.9 Å². The number of ether oxygens (including phenoxy) is 1. The zero-order chi connectivity index (χ0) is 19.6. The molecule has 1 saturated carbocycles. The minimum atomic E-state index is -0.692. The Labute approximate surface area is 191 Å². The van der Waals surface area contributed by atoms with E-state index >= 15 is 0 Å². The van der Waals surface area contributed by atoms with Gasteiger partial charge in [0.05, 0.1) is 19.8 Å². The van der Waals surface area contributed by atoms with Gasteiger partial charge >= 0.3 is 0 Å². The third-order valence-electron chi connectivity index (χ3n) is 5.69. The van der Waals surface area contributed by atoms with E-state index in [1.165, 1.54) is 0 Å². The van der Waals surface area contributed by atoms with Gasteiger partial charge in [0.15, 0.2) is 5.96 Å². The fraction of sp³-hybridized carbons (Fsp3) is 0.950. The van der Waals surface area contributed by atoms with E-state index in [1.54, 1.807) is 0 Å². The predicted molar refractivity (Wildman–Crippen MR) is 130 cm³/mol. The highest BCUT2D eigenvalue weighted by Crippen LogP contribution is 2.23. The lowest BCUT2D eigenvalue weighted by molar-refractivity contribution is 0.00867. The smallest absolute Gasteiger partial charge is 0.191 e. The van der Waals surface area contributed by atoms with Gasteiger partial charge in [-0.15, -0.1) is 24.0 Å². The van der Waals surface area contributed by atoms with Crippen molar-refractivity contribution in [1.29, 1.82) is 0 Å². The van der Waals surface area contributed by atoms with Crippen LogP contribution in [0.1, 0.15) is 53.4 Å². The second kappa shape index (κ2) is 14.1. The first-order chi connectivity index (χ1) is 13.0. The van der Waals surface area contributed by atoms with Crippen LogP contribution >= 0.6 is 24.0 Å². The monoisotopic (exact) mass is 528 g/mol. The predicted octanol–water partition coefficient (Wildman–Crippen LogP) is 2.60. The molecule has 1 heterocycles. The summed E-state index contributed by atoms with van der Waals surface area (Å²) in [5.41, 5.74) is 0. The Morgan fingerprint density at radius 2 is 1.96 bits per heavy atom. The summed E-state index contributed by atoms with van der Waals surface area (Å²) in [4.78, 5) is 7.45. The molecule has 0 radical (unpaired) electrons. The Morgan fingerprint density at radius 1 is 1.25 bits per heavy atom. The molecule has 0 amide bonds. The zero-order valence-electron chi connectivity index (χ0n) is 18.1. The SMILES string of the molecule is CCNC(=NCC(C(C)C)N1CCOCC1)NC1CCCC(S(=O)CC)C1.I. The summed E-state index contributed by atoms with van der Waals surface area (Å²) >= 11 is 0. The maximum Gasteiger partial charge on any atom is 0.191 e. The molecule has 0 bridgehead atoms. The van der Waals surface area contributed by atoms with Gasteiger partial charge in [-0.3, -0.25) is 14.1 Å². The Bertz CT molecular complexity index is 487. The Kier molecular flexibility index (Phi) is 13.2. The van der Waals surface area contributed by atoms with Crippen LogP contribution in [-0.4, -0.2) is 77.5 Å². The standard InChI is InChI=1S/C20H40N4O2S.HI/c1-5-21-20(23-17-8-7-9-18(14-17)27(25)6-2)22-15-19(16(3)4)24-10-12-26-13-11-24;/h16-19H,5-15H2,1-4H3,(H2,21,22,23);1H. The molecule has 0 aromatic rings. The minimum Gasteiger partial charge on any atom is -0.379 e. The van der Waals surface area contributed by atoms with Crippen LogP contribution < -0.4 is 10.6 Å². The first-order valence-corrected chi connectivity index (χ1v) is 12.2. The molecule has 8 heteroatoms. The minimum absolute atomic E-state index is 0. The molecule has 2 rings (SSSR count). The number of aliphatic imine (C=N–C) groups is 1. The van der Waals surface area contributed by atoms with Gasteiger partial charge in [-0.25, -0.2) is 0 Å². The summed E-state index contributed by atoms with van der Waals surface area (Å²) in [5, 5.41) is 7.36. The lowest BCUT2D eigenvalue weighted by Crippen LogP contribution is -2.49. The van der Waals surface area contributed by atoms with Crippen molar-refractivity contribution in [3.8, 4) is 0 Å². The van der Waals surface area contributed by atoms with E-state index in [0.29, 0.717) is 23.3 Å². The number of halogens is 1. The highest BCUT2D eigenvalue weighted by atomic mass is 127. The average molecular weight is 529 g/mol. The summed E-state index contributed by atoms with van der Waals surface area (Å²) in [6.07, 6.45) is 4.37. The number of morpholine rings is 1.